The van der Waals surface area contributed by atoms with E-state index in [9.17, 15) is 0 Å². The number of likely N-dealkylation sites (tertiary alicyclic amines) is 1. The number of benzene rings is 1. The van der Waals surface area contributed by atoms with Crippen LogP contribution in [0.5, 0.6) is 0 Å². The molecule has 1 aliphatic heterocycles. The maximum Gasteiger partial charge on any atom is 0.167 e. The Kier molecular flexibility index (Phi) is 4.22. The van der Waals surface area contributed by atoms with E-state index < -0.39 is 0 Å². The summed E-state index contributed by atoms with van der Waals surface area (Å²) in [5.41, 5.74) is 1.27. The van der Waals surface area contributed by atoms with Gasteiger partial charge in [0.1, 0.15) is 0 Å². The topological polar surface area (TPSA) is 27.3 Å². The summed E-state index contributed by atoms with van der Waals surface area (Å²) in [5.74, 6) is 0. The third-order valence-corrected chi connectivity index (χ3v) is 4.50. The predicted octanol–water partition coefficient (Wildman–Crippen LogP) is 2.45. The highest BCUT2D eigenvalue weighted by Gasteiger charge is 2.34. The molecule has 20 heavy (non-hydrogen) atoms. The van der Waals surface area contributed by atoms with Crippen LogP contribution in [0.25, 0.3) is 0 Å². The maximum absolute atomic E-state index is 5.45. The van der Waals surface area contributed by atoms with E-state index in [2.05, 4.69) is 46.7 Å². The zero-order valence-electron chi connectivity index (χ0n) is 12.0. The van der Waals surface area contributed by atoms with Gasteiger partial charge in [-0.05, 0) is 44.0 Å². The number of hydrogen-bond acceptors (Lipinski definition) is 2. The van der Waals surface area contributed by atoms with Crippen molar-refractivity contribution < 1.29 is 0 Å². The van der Waals surface area contributed by atoms with Crippen molar-refractivity contribution in [2.45, 2.75) is 44.3 Å². The van der Waals surface area contributed by atoms with Gasteiger partial charge in [0.05, 0.1) is 6.04 Å². The summed E-state index contributed by atoms with van der Waals surface area (Å²) in [5, 5.41) is 7.64. The minimum Gasteiger partial charge on any atom is -0.359 e. The second kappa shape index (κ2) is 6.10. The number of thiocarbonyl (C=S) groups is 1. The molecule has 1 aliphatic carbocycles. The van der Waals surface area contributed by atoms with Gasteiger partial charge in [0.15, 0.2) is 5.11 Å². The molecule has 108 valence electrons. The largest absolute Gasteiger partial charge is 0.359 e. The first-order valence-corrected chi connectivity index (χ1v) is 7.99. The Morgan fingerprint density at radius 3 is 2.70 bits per heavy atom. The fourth-order valence-corrected chi connectivity index (χ4v) is 3.27. The fraction of sp³-hybridized carbons (Fsp3) is 0.562. The summed E-state index contributed by atoms with van der Waals surface area (Å²) < 4.78 is 0. The van der Waals surface area contributed by atoms with Crippen molar-refractivity contribution in [1.82, 2.24) is 15.5 Å². The molecule has 2 N–H and O–H groups in total. The first-order chi connectivity index (χ1) is 9.72. The smallest absolute Gasteiger partial charge is 0.167 e. The minimum absolute atomic E-state index is 0.247. The Hall–Kier alpha value is -1.13. The van der Waals surface area contributed by atoms with Crippen LogP contribution in [0.1, 0.15) is 37.8 Å². The highest BCUT2D eigenvalue weighted by molar-refractivity contribution is 7.80. The molecule has 2 aliphatic rings. The Morgan fingerprint density at radius 2 is 2.00 bits per heavy atom. The van der Waals surface area contributed by atoms with Gasteiger partial charge in [-0.25, -0.2) is 0 Å². The molecule has 0 aromatic heterocycles. The molecular weight excluding hydrogens is 266 g/mol. The lowest BCUT2D eigenvalue weighted by Crippen LogP contribution is -2.44. The van der Waals surface area contributed by atoms with Crippen LogP contribution < -0.4 is 10.6 Å². The lowest BCUT2D eigenvalue weighted by Gasteiger charge is -2.21. The SMILES string of the molecule is C[C@@H](NC(=S)N[C@@H]1CCN(C2CC2)C1)c1ccccc1. The molecule has 0 radical (unpaired) electrons. The van der Waals surface area contributed by atoms with Gasteiger partial charge in [0, 0.05) is 25.2 Å². The minimum atomic E-state index is 0.247. The van der Waals surface area contributed by atoms with Crippen LogP contribution in [0.15, 0.2) is 30.3 Å². The molecule has 1 aromatic carbocycles. The van der Waals surface area contributed by atoms with Crippen LogP contribution in [-0.2, 0) is 0 Å². The van der Waals surface area contributed by atoms with E-state index in [4.69, 9.17) is 12.2 Å². The van der Waals surface area contributed by atoms with Crippen LogP contribution in [0.2, 0.25) is 0 Å². The number of nitrogens with one attached hydrogen (secondary N) is 2. The molecule has 0 spiro atoms. The molecule has 1 saturated carbocycles. The van der Waals surface area contributed by atoms with Crippen molar-refractivity contribution in [3.8, 4) is 0 Å². The third kappa shape index (κ3) is 3.49. The summed E-state index contributed by atoms with van der Waals surface area (Å²) in [4.78, 5) is 2.60. The average molecular weight is 289 g/mol. The lowest BCUT2D eigenvalue weighted by molar-refractivity contribution is 0.321. The van der Waals surface area contributed by atoms with Gasteiger partial charge < -0.3 is 10.6 Å². The van der Waals surface area contributed by atoms with Gasteiger partial charge in [0.25, 0.3) is 0 Å². The Morgan fingerprint density at radius 1 is 1.25 bits per heavy atom. The van der Waals surface area contributed by atoms with E-state index in [1.54, 1.807) is 0 Å². The molecular formula is C16H23N3S. The number of nitrogens with zero attached hydrogens (tertiary/aromatic N) is 1. The molecule has 0 bridgehead atoms. The molecule has 1 aromatic rings. The number of rotatable bonds is 4. The molecule has 1 saturated heterocycles. The highest BCUT2D eigenvalue weighted by atomic mass is 32.1. The third-order valence-electron chi connectivity index (χ3n) is 4.27. The molecule has 3 rings (SSSR count). The molecule has 1 heterocycles. The Balaban J connectivity index is 1.45. The first kappa shape index (κ1) is 13.8. The van der Waals surface area contributed by atoms with Crippen LogP contribution in [0.3, 0.4) is 0 Å². The second-order valence-electron chi connectivity index (χ2n) is 5.96. The molecule has 0 amide bonds. The van der Waals surface area contributed by atoms with Crippen LogP contribution in [0.4, 0.5) is 0 Å². The highest BCUT2D eigenvalue weighted by Crippen LogP contribution is 2.29. The number of hydrogen-bond donors (Lipinski definition) is 2. The van der Waals surface area contributed by atoms with Gasteiger partial charge in [0.2, 0.25) is 0 Å². The van der Waals surface area contributed by atoms with Crippen molar-refractivity contribution in [3.63, 3.8) is 0 Å². The van der Waals surface area contributed by atoms with Crippen molar-refractivity contribution in [3.05, 3.63) is 35.9 Å². The zero-order chi connectivity index (χ0) is 13.9. The summed E-state index contributed by atoms with van der Waals surface area (Å²) in [6.07, 6.45) is 3.99. The van der Waals surface area contributed by atoms with Gasteiger partial charge in [-0.2, -0.15) is 0 Å². The van der Waals surface area contributed by atoms with E-state index in [1.807, 2.05) is 6.07 Å². The van der Waals surface area contributed by atoms with E-state index >= 15 is 0 Å². The zero-order valence-corrected chi connectivity index (χ0v) is 12.8. The molecule has 0 unspecified atom stereocenters. The summed E-state index contributed by atoms with van der Waals surface area (Å²) in [6.45, 7) is 4.51. The van der Waals surface area contributed by atoms with E-state index in [1.165, 1.54) is 31.4 Å². The standard InChI is InChI=1S/C16H23N3S/c1-12(13-5-3-2-4-6-13)17-16(20)18-14-9-10-19(11-14)15-7-8-15/h2-6,12,14-15H,7-11H2,1H3,(H2,17,18,20)/t12-,14-/m1/s1. The van der Waals surface area contributed by atoms with Crippen molar-refractivity contribution in [2.75, 3.05) is 13.1 Å². The predicted molar refractivity (Wildman–Crippen MR) is 86.7 cm³/mol. The van der Waals surface area contributed by atoms with Gasteiger partial charge in [-0.3, -0.25) is 4.90 Å². The second-order valence-corrected chi connectivity index (χ2v) is 6.37. The van der Waals surface area contributed by atoms with Crippen molar-refractivity contribution in [2.24, 2.45) is 0 Å². The molecule has 2 atom stereocenters. The Bertz CT molecular complexity index is 458. The van der Waals surface area contributed by atoms with E-state index in [-0.39, 0.29) is 6.04 Å². The van der Waals surface area contributed by atoms with Crippen molar-refractivity contribution in [1.29, 1.82) is 0 Å². The molecule has 4 heteroatoms. The van der Waals surface area contributed by atoms with Crippen LogP contribution in [0, 0.1) is 0 Å². The average Bonchev–Trinajstić information content (AvgIpc) is 3.20. The molecule has 2 fully saturated rings. The first-order valence-electron chi connectivity index (χ1n) is 7.58. The normalized spacial score (nSPS) is 24.4. The van der Waals surface area contributed by atoms with Crippen LogP contribution >= 0.6 is 12.2 Å². The quantitative estimate of drug-likeness (QED) is 0.833. The van der Waals surface area contributed by atoms with Crippen molar-refractivity contribution >= 4 is 17.3 Å². The van der Waals surface area contributed by atoms with Crippen LogP contribution in [-0.4, -0.2) is 35.2 Å². The molecule has 3 nitrogen and oxygen atoms in total. The monoisotopic (exact) mass is 289 g/mol. The van der Waals surface area contributed by atoms with Gasteiger partial charge in [-0.1, -0.05) is 30.3 Å². The van der Waals surface area contributed by atoms with E-state index in [0.29, 0.717) is 6.04 Å². The summed E-state index contributed by atoms with van der Waals surface area (Å²) in [6, 6.07) is 12.1. The lowest BCUT2D eigenvalue weighted by atomic mass is 10.1. The van der Waals surface area contributed by atoms with E-state index in [0.717, 1.165) is 17.7 Å². The van der Waals surface area contributed by atoms with Gasteiger partial charge >= 0.3 is 0 Å². The summed E-state index contributed by atoms with van der Waals surface area (Å²) >= 11 is 5.45. The fourth-order valence-electron chi connectivity index (χ4n) is 2.93. The maximum atomic E-state index is 5.45. The summed E-state index contributed by atoms with van der Waals surface area (Å²) in [7, 11) is 0. The Labute approximate surface area is 126 Å². The van der Waals surface area contributed by atoms with Gasteiger partial charge in [-0.15, -0.1) is 0 Å².